The molecule has 0 aliphatic heterocycles. The average Bonchev–Trinajstić information content (AvgIpc) is 2.95. The standard InChI is InChI=1S/C18H24N2S/c1-3-16-17(12-19-4-2)21-18(20-16)15-11-7-9-13-8-5-6-10-14(13)15/h5-6,8,10,15,19H,3-4,7,9,11-12H2,1-2H3. The van der Waals surface area contributed by atoms with E-state index < -0.39 is 0 Å². The molecule has 21 heavy (non-hydrogen) atoms. The van der Waals surface area contributed by atoms with Gasteiger partial charge in [0.2, 0.25) is 0 Å². The molecule has 3 heteroatoms. The number of benzene rings is 1. The normalized spacial score (nSPS) is 17.7. The van der Waals surface area contributed by atoms with Crippen molar-refractivity contribution < 1.29 is 0 Å². The van der Waals surface area contributed by atoms with Crippen molar-refractivity contribution in [3.05, 3.63) is 51.0 Å². The van der Waals surface area contributed by atoms with Crippen molar-refractivity contribution in [2.45, 2.75) is 52.0 Å². The average molecular weight is 300 g/mol. The van der Waals surface area contributed by atoms with Gasteiger partial charge in [0.15, 0.2) is 0 Å². The van der Waals surface area contributed by atoms with Crippen LogP contribution in [0.1, 0.15) is 59.3 Å². The van der Waals surface area contributed by atoms with Crippen molar-refractivity contribution in [2.24, 2.45) is 0 Å². The molecule has 112 valence electrons. The summed E-state index contributed by atoms with van der Waals surface area (Å²) in [5, 5.41) is 4.77. The highest BCUT2D eigenvalue weighted by Crippen LogP contribution is 2.39. The van der Waals surface area contributed by atoms with Crippen molar-refractivity contribution in [2.75, 3.05) is 6.54 Å². The van der Waals surface area contributed by atoms with Crippen LogP contribution >= 0.6 is 11.3 Å². The quantitative estimate of drug-likeness (QED) is 0.891. The van der Waals surface area contributed by atoms with Gasteiger partial charge >= 0.3 is 0 Å². The number of rotatable bonds is 5. The van der Waals surface area contributed by atoms with E-state index in [1.54, 1.807) is 0 Å². The van der Waals surface area contributed by atoms with Crippen LogP contribution in [0.25, 0.3) is 0 Å². The second-order valence-corrected chi connectivity index (χ2v) is 6.81. The zero-order chi connectivity index (χ0) is 14.7. The SMILES string of the molecule is CCNCc1sc(C2CCCc3ccccc32)nc1CC. The maximum Gasteiger partial charge on any atom is 0.101 e. The fraction of sp³-hybridized carbons (Fsp3) is 0.500. The maximum absolute atomic E-state index is 4.98. The minimum absolute atomic E-state index is 0.514. The minimum Gasteiger partial charge on any atom is -0.312 e. The topological polar surface area (TPSA) is 24.9 Å². The summed E-state index contributed by atoms with van der Waals surface area (Å²) in [7, 11) is 0. The molecule has 2 aromatic rings. The van der Waals surface area contributed by atoms with Gasteiger partial charge in [0, 0.05) is 17.3 Å². The molecule has 1 aliphatic rings. The van der Waals surface area contributed by atoms with Crippen LogP contribution in [0.3, 0.4) is 0 Å². The molecule has 1 heterocycles. The van der Waals surface area contributed by atoms with Crippen LogP contribution in [0, 0.1) is 0 Å². The van der Waals surface area contributed by atoms with Crippen molar-refractivity contribution >= 4 is 11.3 Å². The lowest BCUT2D eigenvalue weighted by Crippen LogP contribution is -2.11. The Balaban J connectivity index is 1.92. The van der Waals surface area contributed by atoms with Gasteiger partial charge in [0.1, 0.15) is 5.01 Å². The second-order valence-electron chi connectivity index (χ2n) is 5.70. The Bertz CT molecular complexity index is 603. The summed E-state index contributed by atoms with van der Waals surface area (Å²) in [6, 6.07) is 8.92. The first-order valence-electron chi connectivity index (χ1n) is 8.10. The van der Waals surface area contributed by atoms with E-state index in [1.165, 1.54) is 46.0 Å². The van der Waals surface area contributed by atoms with Crippen molar-refractivity contribution in [1.29, 1.82) is 0 Å². The third-order valence-electron chi connectivity index (χ3n) is 4.33. The molecular formula is C18H24N2S. The molecule has 3 rings (SSSR count). The summed E-state index contributed by atoms with van der Waals surface area (Å²) >= 11 is 1.92. The van der Waals surface area contributed by atoms with Crippen LogP contribution in [0.5, 0.6) is 0 Å². The molecule has 0 fully saturated rings. The van der Waals surface area contributed by atoms with Gasteiger partial charge in [0.25, 0.3) is 0 Å². The zero-order valence-corrected chi connectivity index (χ0v) is 13.8. The highest BCUT2D eigenvalue weighted by Gasteiger charge is 2.25. The molecule has 1 unspecified atom stereocenters. The summed E-state index contributed by atoms with van der Waals surface area (Å²) in [5.74, 6) is 0.514. The Morgan fingerprint density at radius 3 is 2.95 bits per heavy atom. The third kappa shape index (κ3) is 3.04. The van der Waals surface area contributed by atoms with Gasteiger partial charge in [-0.1, -0.05) is 38.1 Å². The summed E-state index contributed by atoms with van der Waals surface area (Å²) < 4.78 is 0. The van der Waals surface area contributed by atoms with Gasteiger partial charge in [-0.15, -0.1) is 11.3 Å². The van der Waals surface area contributed by atoms with Gasteiger partial charge in [-0.25, -0.2) is 4.98 Å². The molecule has 1 aromatic heterocycles. The van der Waals surface area contributed by atoms with Crippen molar-refractivity contribution in [3.63, 3.8) is 0 Å². The van der Waals surface area contributed by atoms with Crippen LogP contribution in [0.4, 0.5) is 0 Å². The molecule has 0 radical (unpaired) electrons. The number of nitrogens with one attached hydrogen (secondary N) is 1. The van der Waals surface area contributed by atoms with Crippen molar-refractivity contribution in [3.8, 4) is 0 Å². The number of fused-ring (bicyclic) bond motifs is 1. The Hall–Kier alpha value is -1.19. The summed E-state index contributed by atoms with van der Waals surface area (Å²) in [5.41, 5.74) is 4.32. The first-order chi connectivity index (χ1) is 10.3. The first-order valence-corrected chi connectivity index (χ1v) is 8.92. The molecule has 2 nitrogen and oxygen atoms in total. The van der Waals surface area contributed by atoms with E-state index in [1.807, 2.05) is 11.3 Å². The van der Waals surface area contributed by atoms with Gasteiger partial charge in [0.05, 0.1) is 5.69 Å². The van der Waals surface area contributed by atoms with Gasteiger partial charge < -0.3 is 5.32 Å². The van der Waals surface area contributed by atoms with Gasteiger partial charge in [-0.3, -0.25) is 0 Å². The summed E-state index contributed by atoms with van der Waals surface area (Å²) in [4.78, 5) is 6.41. The van der Waals surface area contributed by atoms with E-state index in [4.69, 9.17) is 4.98 Å². The minimum atomic E-state index is 0.514. The Kier molecular flexibility index (Phi) is 4.71. The predicted octanol–water partition coefficient (Wildman–Crippen LogP) is 4.28. The largest absolute Gasteiger partial charge is 0.312 e. The van der Waals surface area contributed by atoms with E-state index in [0.29, 0.717) is 5.92 Å². The Morgan fingerprint density at radius 2 is 2.14 bits per heavy atom. The van der Waals surface area contributed by atoms with E-state index >= 15 is 0 Å². The molecule has 0 saturated carbocycles. The van der Waals surface area contributed by atoms with Crippen LogP contribution in [0.15, 0.2) is 24.3 Å². The van der Waals surface area contributed by atoms with E-state index in [2.05, 4.69) is 43.4 Å². The molecule has 1 atom stereocenters. The first kappa shape index (κ1) is 14.7. The maximum atomic E-state index is 4.98. The van der Waals surface area contributed by atoms with Crippen molar-refractivity contribution in [1.82, 2.24) is 10.3 Å². The lowest BCUT2D eigenvalue weighted by Gasteiger charge is -2.23. The number of hydrogen-bond donors (Lipinski definition) is 1. The number of aryl methyl sites for hydroxylation is 2. The molecule has 0 amide bonds. The number of aromatic nitrogens is 1. The predicted molar refractivity (Wildman–Crippen MR) is 90.1 cm³/mol. The third-order valence-corrected chi connectivity index (χ3v) is 5.54. The molecular weight excluding hydrogens is 276 g/mol. The Labute approximate surface area is 131 Å². The zero-order valence-electron chi connectivity index (χ0n) is 13.0. The molecule has 1 aliphatic carbocycles. The van der Waals surface area contributed by atoms with Gasteiger partial charge in [-0.05, 0) is 43.4 Å². The molecule has 0 spiro atoms. The van der Waals surface area contributed by atoms with E-state index in [0.717, 1.165) is 19.5 Å². The van der Waals surface area contributed by atoms with E-state index in [9.17, 15) is 0 Å². The Morgan fingerprint density at radius 1 is 1.29 bits per heavy atom. The smallest absolute Gasteiger partial charge is 0.101 e. The fourth-order valence-corrected chi connectivity index (χ4v) is 4.49. The van der Waals surface area contributed by atoms with Gasteiger partial charge in [-0.2, -0.15) is 0 Å². The summed E-state index contributed by atoms with van der Waals surface area (Å²) in [6.45, 7) is 6.35. The molecule has 0 saturated heterocycles. The number of nitrogens with zero attached hydrogens (tertiary/aromatic N) is 1. The second kappa shape index (κ2) is 6.71. The van der Waals surface area contributed by atoms with Crippen LogP contribution in [0.2, 0.25) is 0 Å². The fourth-order valence-electron chi connectivity index (χ4n) is 3.22. The lowest BCUT2D eigenvalue weighted by molar-refractivity contribution is 0.612. The monoisotopic (exact) mass is 300 g/mol. The highest BCUT2D eigenvalue weighted by molar-refractivity contribution is 7.11. The number of hydrogen-bond acceptors (Lipinski definition) is 3. The van der Waals surface area contributed by atoms with Crippen LogP contribution < -0.4 is 5.32 Å². The molecule has 0 bridgehead atoms. The van der Waals surface area contributed by atoms with E-state index in [-0.39, 0.29) is 0 Å². The summed E-state index contributed by atoms with van der Waals surface area (Å²) in [6.07, 6.45) is 4.79. The number of thiazole rings is 1. The highest BCUT2D eigenvalue weighted by atomic mass is 32.1. The lowest BCUT2D eigenvalue weighted by atomic mass is 9.83. The van der Waals surface area contributed by atoms with Crippen LogP contribution in [-0.2, 0) is 19.4 Å². The van der Waals surface area contributed by atoms with Crippen LogP contribution in [-0.4, -0.2) is 11.5 Å². The molecule has 1 aromatic carbocycles. The molecule has 1 N–H and O–H groups in total.